The van der Waals surface area contributed by atoms with Gasteiger partial charge in [0.25, 0.3) is 11.6 Å². The van der Waals surface area contributed by atoms with Crippen molar-refractivity contribution in [2.24, 2.45) is 0 Å². The quantitative estimate of drug-likeness (QED) is 0.720. The first-order valence-corrected chi connectivity index (χ1v) is 7.67. The average molecular weight is 324 g/mol. The van der Waals surface area contributed by atoms with E-state index in [1.807, 2.05) is 6.92 Å². The van der Waals surface area contributed by atoms with Gasteiger partial charge >= 0.3 is 0 Å². The number of carbonyl (C=O) groups is 1. The number of aromatic nitrogens is 4. The summed E-state index contributed by atoms with van der Waals surface area (Å²) in [4.78, 5) is 19.2. The number of hydrogen-bond donors (Lipinski definition) is 1. The van der Waals surface area contributed by atoms with Gasteiger partial charge in [-0.15, -0.1) is 5.10 Å². The van der Waals surface area contributed by atoms with Gasteiger partial charge in [0.2, 0.25) is 0 Å². The summed E-state index contributed by atoms with van der Waals surface area (Å²) < 4.78 is 5.21. The highest BCUT2D eigenvalue weighted by Gasteiger charge is 2.26. The molecule has 8 heteroatoms. The Morgan fingerprint density at radius 3 is 2.96 bits per heavy atom. The molecule has 122 valence electrons. The Bertz CT molecular complexity index is 965. The van der Waals surface area contributed by atoms with E-state index in [1.165, 1.54) is 0 Å². The minimum Gasteiger partial charge on any atom is -0.382 e. The van der Waals surface area contributed by atoms with E-state index in [0.29, 0.717) is 47.7 Å². The Morgan fingerprint density at radius 2 is 2.12 bits per heavy atom. The number of nitrogen functional groups attached to an aromatic ring is 1. The highest BCUT2D eigenvalue weighted by atomic mass is 16.5. The Morgan fingerprint density at radius 1 is 1.29 bits per heavy atom. The summed E-state index contributed by atoms with van der Waals surface area (Å²) in [5.41, 5.74) is 9.87. The lowest BCUT2D eigenvalue weighted by atomic mass is 10.0. The summed E-state index contributed by atoms with van der Waals surface area (Å²) in [6.07, 6.45) is 0.657. The van der Waals surface area contributed by atoms with E-state index in [1.54, 1.807) is 24.0 Å². The van der Waals surface area contributed by atoms with Gasteiger partial charge in [0.15, 0.2) is 0 Å². The van der Waals surface area contributed by atoms with Gasteiger partial charge in [-0.25, -0.2) is 4.98 Å². The highest BCUT2D eigenvalue weighted by Crippen LogP contribution is 2.25. The summed E-state index contributed by atoms with van der Waals surface area (Å²) in [5, 5.41) is 12.6. The van der Waals surface area contributed by atoms with E-state index < -0.39 is 0 Å². The molecule has 1 amide bonds. The molecule has 0 fully saturated rings. The van der Waals surface area contributed by atoms with Crippen LogP contribution in [0.25, 0.3) is 11.1 Å². The largest absolute Gasteiger partial charge is 0.382 e. The fourth-order valence-electron chi connectivity index (χ4n) is 3.08. The molecule has 0 atom stereocenters. The Hall–Kier alpha value is -3.03. The van der Waals surface area contributed by atoms with Gasteiger partial charge in [-0.05, 0) is 31.5 Å². The van der Waals surface area contributed by atoms with Crippen LogP contribution < -0.4 is 5.73 Å². The number of rotatable bonds is 1. The second-order valence-electron chi connectivity index (χ2n) is 5.98. The fourth-order valence-corrected chi connectivity index (χ4v) is 3.08. The van der Waals surface area contributed by atoms with Crippen molar-refractivity contribution in [1.29, 1.82) is 0 Å². The molecule has 1 aliphatic heterocycles. The highest BCUT2D eigenvalue weighted by molar-refractivity contribution is 6.06. The molecular weight excluding hydrogens is 308 g/mol. The number of anilines is 1. The first-order chi connectivity index (χ1) is 11.5. The normalized spacial score (nSPS) is 14.0. The standard InChI is InChI=1S/C16H16N6O2/c1-8-5-11(14-9(2)21-24-15(14)18-8)16(23)22-4-3-12-10(7-22)6-13(17)20-19-12/h5-6H,3-4,7H2,1-2H3,(H2,17,20). The lowest BCUT2D eigenvalue weighted by molar-refractivity contribution is 0.0735. The maximum absolute atomic E-state index is 13.1. The van der Waals surface area contributed by atoms with E-state index in [-0.39, 0.29) is 5.91 Å². The number of nitrogens with two attached hydrogens (primary N) is 1. The van der Waals surface area contributed by atoms with E-state index in [2.05, 4.69) is 20.3 Å². The molecule has 0 saturated heterocycles. The van der Waals surface area contributed by atoms with Gasteiger partial charge in [-0.2, -0.15) is 5.10 Å². The molecule has 3 aromatic rings. The molecular formula is C16H16N6O2. The van der Waals surface area contributed by atoms with Gasteiger partial charge < -0.3 is 15.2 Å². The summed E-state index contributed by atoms with van der Waals surface area (Å²) in [7, 11) is 0. The van der Waals surface area contributed by atoms with Crippen molar-refractivity contribution in [3.63, 3.8) is 0 Å². The van der Waals surface area contributed by atoms with Crippen LogP contribution in [0.4, 0.5) is 5.82 Å². The van der Waals surface area contributed by atoms with E-state index in [4.69, 9.17) is 10.3 Å². The van der Waals surface area contributed by atoms with Crippen LogP contribution in [-0.4, -0.2) is 37.7 Å². The van der Waals surface area contributed by atoms with Gasteiger partial charge in [-0.1, -0.05) is 5.16 Å². The van der Waals surface area contributed by atoms with Gasteiger partial charge in [0.1, 0.15) is 5.82 Å². The average Bonchev–Trinajstić information content (AvgIpc) is 2.93. The zero-order valence-corrected chi connectivity index (χ0v) is 13.4. The maximum Gasteiger partial charge on any atom is 0.258 e. The number of fused-ring (bicyclic) bond motifs is 2. The zero-order chi connectivity index (χ0) is 16.8. The molecule has 0 unspecified atom stereocenters. The first-order valence-electron chi connectivity index (χ1n) is 7.67. The topological polar surface area (TPSA) is 111 Å². The lowest BCUT2D eigenvalue weighted by Gasteiger charge is -2.28. The predicted molar refractivity (Wildman–Crippen MR) is 86.2 cm³/mol. The smallest absolute Gasteiger partial charge is 0.258 e. The second-order valence-corrected chi connectivity index (χ2v) is 5.98. The summed E-state index contributed by atoms with van der Waals surface area (Å²) in [6.45, 7) is 4.68. The number of aryl methyl sites for hydroxylation is 2. The van der Waals surface area contributed by atoms with Crippen molar-refractivity contribution < 1.29 is 9.32 Å². The van der Waals surface area contributed by atoms with E-state index in [0.717, 1.165) is 17.0 Å². The second kappa shape index (κ2) is 5.26. The third-order valence-corrected chi connectivity index (χ3v) is 4.22. The van der Waals surface area contributed by atoms with Crippen molar-refractivity contribution in [1.82, 2.24) is 25.2 Å². The molecule has 0 spiro atoms. The SMILES string of the molecule is Cc1cc(C(=O)N2CCc3nnc(N)cc3C2)c2c(C)noc2n1. The van der Waals surface area contributed by atoms with Crippen LogP contribution in [-0.2, 0) is 13.0 Å². The molecule has 4 rings (SSSR count). The van der Waals surface area contributed by atoms with Crippen LogP contribution in [0.1, 0.15) is 33.0 Å². The molecule has 8 nitrogen and oxygen atoms in total. The number of nitrogens with zero attached hydrogens (tertiary/aromatic N) is 5. The summed E-state index contributed by atoms with van der Waals surface area (Å²) in [5.74, 6) is 0.290. The van der Waals surface area contributed by atoms with E-state index in [9.17, 15) is 4.79 Å². The molecule has 1 aliphatic rings. The van der Waals surface area contributed by atoms with Crippen molar-refractivity contribution in [3.05, 3.63) is 40.3 Å². The molecule has 4 heterocycles. The summed E-state index contributed by atoms with van der Waals surface area (Å²) >= 11 is 0. The molecule has 24 heavy (non-hydrogen) atoms. The van der Waals surface area contributed by atoms with Gasteiger partial charge in [0, 0.05) is 25.2 Å². The lowest BCUT2D eigenvalue weighted by Crippen LogP contribution is -2.36. The van der Waals surface area contributed by atoms with Gasteiger partial charge in [-0.3, -0.25) is 4.79 Å². The van der Waals surface area contributed by atoms with Crippen LogP contribution in [0, 0.1) is 13.8 Å². The maximum atomic E-state index is 13.1. The first kappa shape index (κ1) is 14.6. The summed E-state index contributed by atoms with van der Waals surface area (Å²) in [6, 6.07) is 3.56. The minimum absolute atomic E-state index is 0.0715. The van der Waals surface area contributed by atoms with Gasteiger partial charge in [0.05, 0.1) is 22.3 Å². The molecule has 0 aromatic carbocycles. The molecule has 0 saturated carbocycles. The Balaban J connectivity index is 1.74. The van der Waals surface area contributed by atoms with Crippen LogP contribution in [0.2, 0.25) is 0 Å². The predicted octanol–water partition coefficient (Wildman–Crippen LogP) is 1.41. The van der Waals surface area contributed by atoms with Crippen LogP contribution >= 0.6 is 0 Å². The Kier molecular flexibility index (Phi) is 3.19. The number of carbonyl (C=O) groups excluding carboxylic acids is 1. The molecule has 0 bridgehead atoms. The Labute approximate surface area is 137 Å². The third-order valence-electron chi connectivity index (χ3n) is 4.22. The zero-order valence-electron chi connectivity index (χ0n) is 13.4. The fraction of sp³-hybridized carbons (Fsp3) is 0.312. The van der Waals surface area contributed by atoms with Crippen molar-refractivity contribution in [3.8, 4) is 0 Å². The monoisotopic (exact) mass is 324 g/mol. The van der Waals surface area contributed by atoms with Crippen molar-refractivity contribution in [2.45, 2.75) is 26.8 Å². The molecule has 0 aliphatic carbocycles. The third kappa shape index (κ3) is 2.27. The van der Waals surface area contributed by atoms with E-state index >= 15 is 0 Å². The van der Waals surface area contributed by atoms with Crippen LogP contribution in [0.3, 0.4) is 0 Å². The van der Waals surface area contributed by atoms with Crippen molar-refractivity contribution in [2.75, 3.05) is 12.3 Å². The molecule has 0 radical (unpaired) electrons. The van der Waals surface area contributed by atoms with Crippen LogP contribution in [0.15, 0.2) is 16.7 Å². The minimum atomic E-state index is -0.0715. The molecule has 2 N–H and O–H groups in total. The number of hydrogen-bond acceptors (Lipinski definition) is 7. The van der Waals surface area contributed by atoms with Crippen LogP contribution in [0.5, 0.6) is 0 Å². The number of amides is 1. The van der Waals surface area contributed by atoms with Crippen molar-refractivity contribution >= 4 is 22.8 Å². The molecule has 3 aromatic heterocycles. The number of pyridine rings is 1.